The van der Waals surface area contributed by atoms with E-state index in [1.165, 1.54) is 0 Å². The summed E-state index contributed by atoms with van der Waals surface area (Å²) in [5.74, 6) is 0.397. The molecular weight excluding hydrogens is 503 g/mol. The molecule has 1 aliphatic rings. The van der Waals surface area contributed by atoms with Crippen LogP contribution in [-0.2, 0) is 16.1 Å². The lowest BCUT2D eigenvalue weighted by molar-refractivity contribution is -0.143. The monoisotopic (exact) mass is 534 g/mol. The van der Waals surface area contributed by atoms with Gasteiger partial charge >= 0.3 is 0 Å². The summed E-state index contributed by atoms with van der Waals surface area (Å²) in [7, 11) is 0. The normalized spacial score (nSPS) is 14.8. The first kappa shape index (κ1) is 23.6. The average molecular weight is 534 g/mol. The summed E-state index contributed by atoms with van der Waals surface area (Å²) < 4.78 is 6.86. The predicted octanol–water partition coefficient (Wildman–Crippen LogP) is 4.84. The van der Waals surface area contributed by atoms with E-state index in [1.54, 1.807) is 4.90 Å². The molecule has 0 aromatic heterocycles. The van der Waals surface area contributed by atoms with Gasteiger partial charge in [0.1, 0.15) is 11.8 Å². The molecule has 3 rings (SSSR count). The third-order valence-electron chi connectivity index (χ3n) is 5.87. The Hall–Kier alpha value is -2.09. The fourth-order valence-electron chi connectivity index (χ4n) is 4.02. The molecule has 31 heavy (non-hydrogen) atoms. The Morgan fingerprint density at radius 1 is 1.13 bits per heavy atom. The van der Waals surface area contributed by atoms with E-state index in [2.05, 4.69) is 27.9 Å². The maximum atomic E-state index is 13.3. The molecule has 1 fully saturated rings. The minimum Gasteiger partial charge on any atom is -0.484 e. The van der Waals surface area contributed by atoms with Crippen LogP contribution in [0.5, 0.6) is 5.75 Å². The number of nitrogens with zero attached hydrogens (tertiary/aromatic N) is 1. The van der Waals surface area contributed by atoms with Gasteiger partial charge in [0.05, 0.1) is 0 Å². The highest BCUT2D eigenvalue weighted by molar-refractivity contribution is 14.1. The van der Waals surface area contributed by atoms with Crippen molar-refractivity contribution in [3.05, 3.63) is 63.2 Å². The number of amides is 2. The van der Waals surface area contributed by atoms with Crippen LogP contribution >= 0.6 is 22.6 Å². The molecule has 0 heterocycles. The third-order valence-corrected chi connectivity index (χ3v) is 6.58. The number of benzene rings is 2. The second-order valence-electron chi connectivity index (χ2n) is 8.10. The first-order chi connectivity index (χ1) is 15.0. The summed E-state index contributed by atoms with van der Waals surface area (Å²) in [6.07, 6.45) is 4.89. The molecule has 1 unspecified atom stereocenters. The van der Waals surface area contributed by atoms with Crippen LogP contribution in [0.25, 0.3) is 0 Å². The predicted molar refractivity (Wildman–Crippen MR) is 131 cm³/mol. The van der Waals surface area contributed by atoms with Gasteiger partial charge in [-0.1, -0.05) is 44.0 Å². The summed E-state index contributed by atoms with van der Waals surface area (Å²) in [6.45, 7) is 4.27. The Morgan fingerprint density at radius 3 is 2.45 bits per heavy atom. The number of carbonyl (C=O) groups is 2. The van der Waals surface area contributed by atoms with Gasteiger partial charge in [-0.15, -0.1) is 0 Å². The number of carbonyl (C=O) groups excluding carboxylic acids is 2. The molecule has 5 nitrogen and oxygen atoms in total. The molecule has 2 aromatic carbocycles. The molecule has 0 aliphatic heterocycles. The van der Waals surface area contributed by atoms with Crippen molar-refractivity contribution in [2.45, 2.75) is 64.6 Å². The maximum absolute atomic E-state index is 13.3. The van der Waals surface area contributed by atoms with Gasteiger partial charge in [0.15, 0.2) is 6.61 Å². The van der Waals surface area contributed by atoms with Crippen LogP contribution in [0.1, 0.15) is 50.2 Å². The molecule has 6 heteroatoms. The van der Waals surface area contributed by atoms with Crippen LogP contribution < -0.4 is 10.1 Å². The Morgan fingerprint density at radius 2 is 1.81 bits per heavy atom. The van der Waals surface area contributed by atoms with Gasteiger partial charge in [-0.25, -0.2) is 0 Å². The average Bonchev–Trinajstić information content (AvgIpc) is 3.27. The minimum atomic E-state index is -0.520. The molecular formula is C25H31IN2O3. The molecule has 0 spiro atoms. The van der Waals surface area contributed by atoms with Crippen molar-refractivity contribution < 1.29 is 14.3 Å². The highest BCUT2D eigenvalue weighted by Gasteiger charge is 2.31. The van der Waals surface area contributed by atoms with E-state index < -0.39 is 6.04 Å². The molecule has 1 saturated carbocycles. The lowest BCUT2D eigenvalue weighted by Crippen LogP contribution is -2.52. The molecule has 2 amide bonds. The Bertz CT molecular complexity index is 879. The highest BCUT2D eigenvalue weighted by Crippen LogP contribution is 2.20. The first-order valence-electron chi connectivity index (χ1n) is 11.0. The van der Waals surface area contributed by atoms with Gasteiger partial charge in [0.25, 0.3) is 5.91 Å². The van der Waals surface area contributed by atoms with Gasteiger partial charge in [0, 0.05) is 16.2 Å². The molecule has 2 aromatic rings. The van der Waals surface area contributed by atoms with Crippen LogP contribution in [0, 0.1) is 10.5 Å². The number of hydrogen-bond donors (Lipinski definition) is 1. The van der Waals surface area contributed by atoms with E-state index in [0.29, 0.717) is 18.7 Å². The van der Waals surface area contributed by atoms with Gasteiger partial charge in [-0.05, 0) is 84.2 Å². The second-order valence-corrected chi connectivity index (χ2v) is 9.35. The number of ether oxygens (including phenoxy) is 1. The number of aryl methyl sites for hydroxylation is 1. The van der Waals surface area contributed by atoms with Crippen molar-refractivity contribution in [3.8, 4) is 5.75 Å². The Labute approximate surface area is 198 Å². The molecule has 0 saturated heterocycles. The van der Waals surface area contributed by atoms with E-state index in [4.69, 9.17) is 4.74 Å². The van der Waals surface area contributed by atoms with Crippen LogP contribution in [0.15, 0.2) is 48.5 Å². The largest absolute Gasteiger partial charge is 0.484 e. The number of hydrogen-bond acceptors (Lipinski definition) is 3. The quantitative estimate of drug-likeness (QED) is 0.469. The topological polar surface area (TPSA) is 58.6 Å². The zero-order chi connectivity index (χ0) is 22.2. The fourth-order valence-corrected chi connectivity index (χ4v) is 4.38. The number of rotatable bonds is 9. The third kappa shape index (κ3) is 6.69. The fraction of sp³-hybridized carbons (Fsp3) is 0.440. The Balaban J connectivity index is 1.76. The zero-order valence-electron chi connectivity index (χ0n) is 18.3. The molecule has 1 atom stereocenters. The molecule has 1 N–H and O–H groups in total. The lowest BCUT2D eigenvalue weighted by atomic mass is 10.1. The zero-order valence-corrected chi connectivity index (χ0v) is 20.4. The lowest BCUT2D eigenvalue weighted by Gasteiger charge is -2.31. The van der Waals surface area contributed by atoms with Crippen molar-refractivity contribution in [1.82, 2.24) is 10.2 Å². The summed E-state index contributed by atoms with van der Waals surface area (Å²) in [4.78, 5) is 28.1. The summed E-state index contributed by atoms with van der Waals surface area (Å²) in [5.41, 5.74) is 2.14. The maximum Gasteiger partial charge on any atom is 0.261 e. The van der Waals surface area contributed by atoms with Crippen molar-refractivity contribution in [1.29, 1.82) is 0 Å². The van der Waals surface area contributed by atoms with Crippen molar-refractivity contribution in [2.24, 2.45) is 0 Å². The van der Waals surface area contributed by atoms with Crippen molar-refractivity contribution in [3.63, 3.8) is 0 Å². The van der Waals surface area contributed by atoms with Crippen LogP contribution in [0.3, 0.4) is 0 Å². The van der Waals surface area contributed by atoms with Crippen molar-refractivity contribution >= 4 is 34.4 Å². The van der Waals surface area contributed by atoms with E-state index >= 15 is 0 Å². The van der Waals surface area contributed by atoms with Crippen molar-refractivity contribution in [2.75, 3.05) is 6.61 Å². The molecule has 166 valence electrons. The Kier molecular flexibility index (Phi) is 8.75. The molecule has 0 bridgehead atoms. The van der Waals surface area contributed by atoms with E-state index in [-0.39, 0.29) is 24.5 Å². The SMILES string of the molecule is CCC(C(=O)NC1CCCC1)N(Cc1ccccc1C)C(=O)COc1ccc(I)cc1. The smallest absolute Gasteiger partial charge is 0.261 e. The highest BCUT2D eigenvalue weighted by atomic mass is 127. The molecule has 0 radical (unpaired) electrons. The van der Waals surface area contributed by atoms with Gasteiger partial charge in [-0.2, -0.15) is 0 Å². The summed E-state index contributed by atoms with van der Waals surface area (Å²) in [6, 6.07) is 15.3. The van der Waals surface area contributed by atoms with E-state index in [1.807, 2.05) is 62.4 Å². The summed E-state index contributed by atoms with van der Waals surface area (Å²) in [5, 5.41) is 3.17. The van der Waals surface area contributed by atoms with E-state index in [9.17, 15) is 9.59 Å². The van der Waals surface area contributed by atoms with Crippen LogP contribution in [-0.4, -0.2) is 35.4 Å². The van der Waals surface area contributed by atoms with Gasteiger partial charge < -0.3 is 15.0 Å². The van der Waals surface area contributed by atoms with E-state index in [0.717, 1.165) is 40.4 Å². The summed E-state index contributed by atoms with van der Waals surface area (Å²) >= 11 is 2.23. The van der Waals surface area contributed by atoms with Gasteiger partial charge in [-0.3, -0.25) is 9.59 Å². The second kappa shape index (κ2) is 11.5. The standard InChI is InChI=1S/C25H31IN2O3/c1-3-23(25(30)27-21-10-6-7-11-21)28(16-19-9-5-4-8-18(19)2)24(29)17-31-22-14-12-20(26)13-15-22/h4-5,8-9,12-15,21,23H,3,6-7,10-11,16-17H2,1-2H3,(H,27,30). The molecule has 1 aliphatic carbocycles. The number of halogens is 1. The number of nitrogens with one attached hydrogen (secondary N) is 1. The minimum absolute atomic E-state index is 0.0643. The first-order valence-corrected chi connectivity index (χ1v) is 12.1. The van der Waals surface area contributed by atoms with Gasteiger partial charge in [0.2, 0.25) is 5.91 Å². The van der Waals surface area contributed by atoms with Crippen LogP contribution in [0.2, 0.25) is 0 Å². The van der Waals surface area contributed by atoms with Crippen LogP contribution in [0.4, 0.5) is 0 Å².